The maximum Gasteiger partial charge on any atom is 0.231 e. The molecule has 3 atom stereocenters. The Bertz CT molecular complexity index is 636. The van der Waals surface area contributed by atoms with Crippen molar-refractivity contribution < 1.29 is 4.52 Å². The Hall–Kier alpha value is -1.68. The number of benzene rings is 1. The molecule has 1 heterocycles. The molecule has 0 spiro atoms. The molecule has 3 unspecified atom stereocenters. The third-order valence-electron chi connectivity index (χ3n) is 5.03. The molecule has 0 aliphatic heterocycles. The van der Waals surface area contributed by atoms with Crippen LogP contribution in [-0.2, 0) is 6.42 Å². The van der Waals surface area contributed by atoms with Gasteiger partial charge in [0.1, 0.15) is 0 Å². The second-order valence-electron chi connectivity index (χ2n) is 6.34. The molecule has 0 radical (unpaired) electrons. The van der Waals surface area contributed by atoms with E-state index in [4.69, 9.17) is 15.2 Å². The smallest absolute Gasteiger partial charge is 0.231 e. The van der Waals surface area contributed by atoms with E-state index in [1.165, 1.54) is 17.5 Å². The highest BCUT2D eigenvalue weighted by molar-refractivity contribution is 5.36. The van der Waals surface area contributed by atoms with Gasteiger partial charge in [-0.25, -0.2) is 0 Å². The van der Waals surface area contributed by atoms with Crippen LogP contribution in [0.4, 0.5) is 0 Å². The van der Waals surface area contributed by atoms with Crippen LogP contribution in [0.2, 0.25) is 0 Å². The predicted molar refractivity (Wildman–Crippen MR) is 80.1 cm³/mol. The Morgan fingerprint density at radius 1 is 1.10 bits per heavy atom. The summed E-state index contributed by atoms with van der Waals surface area (Å²) in [6.45, 7) is 0. The molecule has 2 aromatic rings. The molecule has 1 aromatic heterocycles. The standard InChI is InChI=1S/C17H21N3O/c18-15-10-4-9-14(15)17-19-16(20-21-17)13-8-3-6-11-5-1-2-7-12(11)13/h1-2,5,7,13-15H,3-4,6,8-10,18H2. The minimum atomic E-state index is 0.178. The number of aryl methyl sites for hydroxylation is 1. The van der Waals surface area contributed by atoms with Gasteiger partial charge in [-0.3, -0.25) is 0 Å². The fraction of sp³-hybridized carbons (Fsp3) is 0.529. The van der Waals surface area contributed by atoms with Crippen molar-refractivity contribution in [2.75, 3.05) is 0 Å². The maximum absolute atomic E-state index is 6.15. The van der Waals surface area contributed by atoms with Crippen molar-refractivity contribution in [1.82, 2.24) is 10.1 Å². The fourth-order valence-corrected chi connectivity index (χ4v) is 3.86. The monoisotopic (exact) mass is 283 g/mol. The molecule has 0 bridgehead atoms. The molecular formula is C17H21N3O. The van der Waals surface area contributed by atoms with Crippen molar-refractivity contribution in [3.63, 3.8) is 0 Å². The van der Waals surface area contributed by atoms with Crippen LogP contribution in [0.15, 0.2) is 28.8 Å². The number of aromatic nitrogens is 2. The summed E-state index contributed by atoms with van der Waals surface area (Å²) in [5.74, 6) is 2.13. The van der Waals surface area contributed by atoms with Gasteiger partial charge in [0.2, 0.25) is 5.89 Å². The summed E-state index contributed by atoms with van der Waals surface area (Å²) in [5, 5.41) is 4.28. The summed E-state index contributed by atoms with van der Waals surface area (Å²) in [4.78, 5) is 4.71. The van der Waals surface area contributed by atoms with Gasteiger partial charge < -0.3 is 10.3 Å². The Labute approximate surface area is 124 Å². The first-order valence-corrected chi connectivity index (χ1v) is 8.00. The Morgan fingerprint density at radius 2 is 2.00 bits per heavy atom. The Kier molecular flexibility index (Phi) is 3.26. The molecule has 4 heteroatoms. The molecule has 2 N–H and O–H groups in total. The van der Waals surface area contributed by atoms with Crippen LogP contribution in [0.25, 0.3) is 0 Å². The van der Waals surface area contributed by atoms with Crippen molar-refractivity contribution >= 4 is 0 Å². The van der Waals surface area contributed by atoms with Crippen LogP contribution in [0, 0.1) is 0 Å². The van der Waals surface area contributed by atoms with E-state index in [-0.39, 0.29) is 17.9 Å². The van der Waals surface area contributed by atoms with Gasteiger partial charge >= 0.3 is 0 Å². The molecule has 4 rings (SSSR count). The minimum Gasteiger partial charge on any atom is -0.339 e. The Morgan fingerprint density at radius 3 is 2.86 bits per heavy atom. The van der Waals surface area contributed by atoms with E-state index in [9.17, 15) is 0 Å². The van der Waals surface area contributed by atoms with E-state index in [1.807, 2.05) is 0 Å². The first kappa shape index (κ1) is 13.0. The summed E-state index contributed by atoms with van der Waals surface area (Å²) in [5.41, 5.74) is 8.94. The van der Waals surface area contributed by atoms with Crippen LogP contribution in [-0.4, -0.2) is 16.2 Å². The number of hydrogen-bond donors (Lipinski definition) is 1. The molecule has 2 aliphatic rings. The van der Waals surface area contributed by atoms with Gasteiger partial charge in [0.15, 0.2) is 5.82 Å². The molecule has 110 valence electrons. The number of rotatable bonds is 2. The largest absolute Gasteiger partial charge is 0.339 e. The molecule has 21 heavy (non-hydrogen) atoms. The van der Waals surface area contributed by atoms with E-state index in [2.05, 4.69) is 29.4 Å². The van der Waals surface area contributed by atoms with Crippen LogP contribution in [0.3, 0.4) is 0 Å². The van der Waals surface area contributed by atoms with Crippen LogP contribution < -0.4 is 5.73 Å². The third kappa shape index (κ3) is 2.27. The normalized spacial score (nSPS) is 28.5. The number of nitrogens with two attached hydrogens (primary N) is 1. The zero-order valence-electron chi connectivity index (χ0n) is 12.2. The molecule has 0 saturated heterocycles. The molecule has 0 amide bonds. The highest BCUT2D eigenvalue weighted by Crippen LogP contribution is 2.37. The van der Waals surface area contributed by atoms with E-state index < -0.39 is 0 Å². The molecule has 4 nitrogen and oxygen atoms in total. The first-order valence-electron chi connectivity index (χ1n) is 8.00. The number of nitrogens with zero attached hydrogens (tertiary/aromatic N) is 2. The van der Waals surface area contributed by atoms with Crippen molar-refractivity contribution in [2.45, 2.75) is 56.4 Å². The molecule has 2 aliphatic carbocycles. The van der Waals surface area contributed by atoms with Crippen molar-refractivity contribution in [2.24, 2.45) is 5.73 Å². The minimum absolute atomic E-state index is 0.178. The van der Waals surface area contributed by atoms with Gasteiger partial charge in [-0.2, -0.15) is 4.98 Å². The van der Waals surface area contributed by atoms with Gasteiger partial charge in [-0.15, -0.1) is 0 Å². The summed E-state index contributed by atoms with van der Waals surface area (Å²) < 4.78 is 5.55. The van der Waals surface area contributed by atoms with E-state index in [1.54, 1.807) is 0 Å². The summed E-state index contributed by atoms with van der Waals surface area (Å²) in [6, 6.07) is 8.81. The SMILES string of the molecule is NC1CCCC1c1nc(C2CCCc3ccccc32)no1. The zero-order chi connectivity index (χ0) is 14.2. The maximum atomic E-state index is 6.15. The highest BCUT2D eigenvalue weighted by atomic mass is 16.5. The van der Waals surface area contributed by atoms with Gasteiger partial charge in [-0.05, 0) is 43.2 Å². The predicted octanol–water partition coefficient (Wildman–Crippen LogP) is 3.13. The average Bonchev–Trinajstić information content (AvgIpc) is 3.15. The summed E-state index contributed by atoms with van der Waals surface area (Å²) in [6.07, 6.45) is 6.75. The highest BCUT2D eigenvalue weighted by Gasteiger charge is 2.32. The lowest BCUT2D eigenvalue weighted by Gasteiger charge is -2.22. The van der Waals surface area contributed by atoms with E-state index in [0.29, 0.717) is 0 Å². The average molecular weight is 283 g/mol. The van der Waals surface area contributed by atoms with Crippen LogP contribution >= 0.6 is 0 Å². The molecule has 1 aromatic carbocycles. The van der Waals surface area contributed by atoms with Crippen LogP contribution in [0.1, 0.15) is 66.8 Å². The third-order valence-corrected chi connectivity index (χ3v) is 5.03. The lowest BCUT2D eigenvalue weighted by molar-refractivity contribution is 0.339. The lowest BCUT2D eigenvalue weighted by atomic mass is 9.82. The lowest BCUT2D eigenvalue weighted by Crippen LogP contribution is -2.23. The summed E-state index contributed by atoms with van der Waals surface area (Å²) >= 11 is 0. The quantitative estimate of drug-likeness (QED) is 0.919. The Balaban J connectivity index is 1.65. The van der Waals surface area contributed by atoms with Gasteiger partial charge in [0.05, 0.1) is 5.92 Å². The number of fused-ring (bicyclic) bond motifs is 1. The molecular weight excluding hydrogens is 262 g/mol. The first-order chi connectivity index (χ1) is 10.3. The molecule has 1 fully saturated rings. The number of hydrogen-bond acceptors (Lipinski definition) is 4. The van der Waals surface area contributed by atoms with Crippen molar-refractivity contribution in [3.05, 3.63) is 47.1 Å². The second-order valence-corrected chi connectivity index (χ2v) is 6.34. The van der Waals surface area contributed by atoms with Gasteiger partial charge in [0.25, 0.3) is 0 Å². The summed E-state index contributed by atoms with van der Waals surface area (Å²) in [7, 11) is 0. The van der Waals surface area contributed by atoms with E-state index >= 15 is 0 Å². The molecule has 1 saturated carbocycles. The second kappa shape index (κ2) is 5.26. The van der Waals surface area contributed by atoms with Crippen molar-refractivity contribution in [3.8, 4) is 0 Å². The zero-order valence-corrected chi connectivity index (χ0v) is 12.2. The topological polar surface area (TPSA) is 64.9 Å². The fourth-order valence-electron chi connectivity index (χ4n) is 3.86. The van der Waals surface area contributed by atoms with Crippen LogP contribution in [0.5, 0.6) is 0 Å². The van der Waals surface area contributed by atoms with Gasteiger partial charge in [-0.1, -0.05) is 35.8 Å². The van der Waals surface area contributed by atoms with Crippen molar-refractivity contribution in [1.29, 1.82) is 0 Å². The van der Waals surface area contributed by atoms with Gasteiger partial charge in [0, 0.05) is 12.0 Å². The van der Waals surface area contributed by atoms with E-state index in [0.717, 1.165) is 43.8 Å².